The molecule has 0 spiro atoms. The molecule has 0 saturated heterocycles. The predicted molar refractivity (Wildman–Crippen MR) is 69.6 cm³/mol. The Labute approximate surface area is 101 Å². The van der Waals surface area contributed by atoms with Crippen molar-refractivity contribution in [3.8, 4) is 0 Å². The van der Waals surface area contributed by atoms with Crippen LogP contribution in [0, 0.1) is 6.92 Å². The first-order valence-electron chi connectivity index (χ1n) is 5.06. The first-order chi connectivity index (χ1) is 7.72. The van der Waals surface area contributed by atoms with Crippen molar-refractivity contribution in [2.75, 3.05) is 18.8 Å². The molecular weight excluding hydrogens is 220 g/mol. The summed E-state index contributed by atoms with van der Waals surface area (Å²) >= 11 is 1.56. The summed E-state index contributed by atoms with van der Waals surface area (Å²) in [6.45, 7) is 2.19. The quantitative estimate of drug-likeness (QED) is 0.431. The summed E-state index contributed by atoms with van der Waals surface area (Å²) in [6.07, 6.45) is 5.31. The lowest BCUT2D eigenvalue weighted by molar-refractivity contribution is -0.118. The van der Waals surface area contributed by atoms with Crippen LogP contribution < -0.4 is 0 Å². The number of ether oxygens (including phenoxy) is 1. The highest BCUT2D eigenvalue weighted by Gasteiger charge is 1.95. The molecule has 0 aromatic heterocycles. The second-order valence-corrected chi connectivity index (χ2v) is 4.28. The maximum atomic E-state index is 11.3. The van der Waals surface area contributed by atoms with Gasteiger partial charge in [-0.3, -0.25) is 4.79 Å². The fourth-order valence-corrected chi connectivity index (χ4v) is 1.39. The van der Waals surface area contributed by atoms with Crippen LogP contribution in [0.5, 0.6) is 0 Å². The molecule has 2 nitrogen and oxygen atoms in total. The van der Waals surface area contributed by atoms with Crippen molar-refractivity contribution in [2.45, 2.75) is 6.92 Å². The summed E-state index contributed by atoms with van der Waals surface area (Å²) in [4.78, 5) is 11.3. The van der Waals surface area contributed by atoms with Gasteiger partial charge in [-0.05, 0) is 24.8 Å². The number of rotatable bonds is 6. The minimum Gasteiger partial charge on any atom is -0.363 e. The summed E-state index contributed by atoms with van der Waals surface area (Å²) in [5, 5.41) is 0. The van der Waals surface area contributed by atoms with Gasteiger partial charge in [0.15, 0.2) is 5.78 Å². The van der Waals surface area contributed by atoms with Crippen molar-refractivity contribution >= 4 is 23.6 Å². The third-order valence-corrected chi connectivity index (χ3v) is 2.39. The fourth-order valence-electron chi connectivity index (χ4n) is 1.14. The van der Waals surface area contributed by atoms with Crippen LogP contribution in [0.3, 0.4) is 0 Å². The minimum atomic E-state index is -0.00498. The summed E-state index contributed by atoms with van der Waals surface area (Å²) in [6, 6.07) is 8.02. The lowest BCUT2D eigenvalue weighted by Crippen LogP contribution is -2.04. The monoisotopic (exact) mass is 236 g/mol. The van der Waals surface area contributed by atoms with Crippen LogP contribution in [-0.4, -0.2) is 24.6 Å². The Morgan fingerprint density at radius 3 is 2.69 bits per heavy atom. The summed E-state index contributed by atoms with van der Waals surface area (Å²) < 4.78 is 5.11. The topological polar surface area (TPSA) is 26.3 Å². The van der Waals surface area contributed by atoms with Gasteiger partial charge in [0.2, 0.25) is 0 Å². The zero-order valence-electron chi connectivity index (χ0n) is 9.60. The second kappa shape index (κ2) is 7.25. The molecule has 86 valence electrons. The van der Waals surface area contributed by atoms with Gasteiger partial charge < -0.3 is 4.74 Å². The largest absolute Gasteiger partial charge is 0.363 e. The number of thioether (sulfide) groups is 1. The van der Waals surface area contributed by atoms with Crippen LogP contribution >= 0.6 is 11.8 Å². The Morgan fingerprint density at radius 2 is 2.06 bits per heavy atom. The summed E-state index contributed by atoms with van der Waals surface area (Å²) in [5.74, 6) is 0.555. The van der Waals surface area contributed by atoms with Gasteiger partial charge in [-0.1, -0.05) is 35.9 Å². The first-order valence-corrected chi connectivity index (χ1v) is 6.46. The maximum Gasteiger partial charge on any atom is 0.181 e. The lowest BCUT2D eigenvalue weighted by atomic mass is 10.1. The average Bonchev–Trinajstić information content (AvgIpc) is 2.29. The van der Waals surface area contributed by atoms with Crippen molar-refractivity contribution in [2.24, 2.45) is 0 Å². The van der Waals surface area contributed by atoms with Crippen molar-refractivity contribution in [1.82, 2.24) is 0 Å². The third kappa shape index (κ3) is 5.14. The van der Waals surface area contributed by atoms with Crippen molar-refractivity contribution < 1.29 is 9.53 Å². The third-order valence-electron chi connectivity index (χ3n) is 1.98. The molecule has 0 saturated carbocycles. The van der Waals surface area contributed by atoms with Gasteiger partial charge in [-0.2, -0.15) is 0 Å². The molecule has 1 rings (SSSR count). The Bertz CT molecular complexity index is 355. The molecular formula is C13H16O2S. The van der Waals surface area contributed by atoms with E-state index in [9.17, 15) is 4.79 Å². The van der Waals surface area contributed by atoms with Crippen molar-refractivity contribution in [1.29, 1.82) is 0 Å². The standard InChI is InChI=1S/C13H16O2S/c1-11-3-5-12(6-4-11)7-8-13(14)9-15-10-16-2/h3-8H,9-10H2,1-2H3/b8-7+. The highest BCUT2D eigenvalue weighted by atomic mass is 32.2. The van der Waals surface area contributed by atoms with Crippen LogP contribution in [0.25, 0.3) is 6.08 Å². The molecule has 0 bridgehead atoms. The van der Waals surface area contributed by atoms with E-state index in [4.69, 9.17) is 4.74 Å². The first kappa shape index (κ1) is 13.0. The van der Waals surface area contributed by atoms with E-state index in [2.05, 4.69) is 0 Å². The van der Waals surface area contributed by atoms with Crippen molar-refractivity contribution in [3.63, 3.8) is 0 Å². The summed E-state index contributed by atoms with van der Waals surface area (Å²) in [7, 11) is 0. The molecule has 0 aliphatic heterocycles. The Kier molecular flexibility index (Phi) is 5.90. The molecule has 0 N–H and O–H groups in total. The van der Waals surface area contributed by atoms with Crippen LogP contribution in [0.4, 0.5) is 0 Å². The highest BCUT2D eigenvalue weighted by molar-refractivity contribution is 7.98. The van der Waals surface area contributed by atoms with Crippen LogP contribution in [0.15, 0.2) is 30.3 Å². The van der Waals surface area contributed by atoms with Gasteiger partial charge in [-0.15, -0.1) is 11.8 Å². The number of hydrogen-bond donors (Lipinski definition) is 0. The van der Waals surface area contributed by atoms with E-state index in [1.807, 2.05) is 43.5 Å². The average molecular weight is 236 g/mol. The molecule has 0 radical (unpaired) electrons. The molecule has 16 heavy (non-hydrogen) atoms. The van der Waals surface area contributed by atoms with E-state index in [1.54, 1.807) is 17.8 Å². The van der Waals surface area contributed by atoms with Crippen molar-refractivity contribution in [3.05, 3.63) is 41.5 Å². The van der Waals surface area contributed by atoms with Crippen LogP contribution in [-0.2, 0) is 9.53 Å². The molecule has 0 unspecified atom stereocenters. The van der Waals surface area contributed by atoms with E-state index in [-0.39, 0.29) is 12.4 Å². The molecule has 1 aromatic rings. The smallest absolute Gasteiger partial charge is 0.181 e. The lowest BCUT2D eigenvalue weighted by Gasteiger charge is -1.97. The number of benzene rings is 1. The molecule has 0 aliphatic carbocycles. The van der Waals surface area contributed by atoms with Gasteiger partial charge in [0.05, 0.1) is 5.94 Å². The fraction of sp³-hybridized carbons (Fsp3) is 0.308. The van der Waals surface area contributed by atoms with Crippen LogP contribution in [0.2, 0.25) is 0 Å². The summed E-state index contributed by atoms with van der Waals surface area (Å²) in [5.41, 5.74) is 2.25. The van der Waals surface area contributed by atoms with Gasteiger partial charge in [0.25, 0.3) is 0 Å². The zero-order valence-corrected chi connectivity index (χ0v) is 10.4. The molecule has 0 atom stereocenters. The highest BCUT2D eigenvalue weighted by Crippen LogP contribution is 2.05. The maximum absolute atomic E-state index is 11.3. The minimum absolute atomic E-state index is 0.00498. The molecule has 1 aromatic carbocycles. The number of ketones is 1. The second-order valence-electron chi connectivity index (χ2n) is 3.47. The van der Waals surface area contributed by atoms with E-state index in [0.29, 0.717) is 5.94 Å². The molecule has 0 amide bonds. The van der Waals surface area contributed by atoms with Gasteiger partial charge in [0, 0.05) is 0 Å². The molecule has 0 fully saturated rings. The van der Waals surface area contributed by atoms with E-state index in [0.717, 1.165) is 5.56 Å². The number of aryl methyl sites for hydroxylation is 1. The Balaban J connectivity index is 2.41. The van der Waals surface area contributed by atoms with E-state index in [1.165, 1.54) is 5.56 Å². The Hall–Kier alpha value is -1.06. The van der Waals surface area contributed by atoms with E-state index < -0.39 is 0 Å². The molecule has 0 heterocycles. The van der Waals surface area contributed by atoms with E-state index >= 15 is 0 Å². The predicted octanol–water partition coefficient (Wildman–Crippen LogP) is 2.91. The normalized spacial score (nSPS) is 10.9. The number of hydrogen-bond acceptors (Lipinski definition) is 3. The number of carbonyl (C=O) groups excluding carboxylic acids is 1. The van der Waals surface area contributed by atoms with Gasteiger partial charge in [-0.25, -0.2) is 0 Å². The van der Waals surface area contributed by atoms with Gasteiger partial charge in [0.1, 0.15) is 6.61 Å². The zero-order chi connectivity index (χ0) is 11.8. The SMILES string of the molecule is CSCOCC(=O)/C=C/c1ccc(C)cc1. The molecule has 3 heteroatoms. The molecule has 0 aliphatic rings. The van der Waals surface area contributed by atoms with Crippen LogP contribution in [0.1, 0.15) is 11.1 Å². The van der Waals surface area contributed by atoms with Gasteiger partial charge >= 0.3 is 0 Å². The number of carbonyl (C=O) groups is 1. The Morgan fingerprint density at radius 1 is 1.38 bits per heavy atom.